The minimum Gasteiger partial charge on any atom is -0.384 e. The lowest BCUT2D eigenvalue weighted by Gasteiger charge is -2.32. The maximum atomic E-state index is 12.2. The monoisotopic (exact) mass is 622 g/mol. The standard InChI is InChI=1S/C31H51IN4O/c1-26-13-18-30(3,19-14-26)17-9-7-11-23-35-31(4)20-15-28(16-21-31)33-24-25-36(5)29(37)34-22-10-6-8-12-27(2)32/h6,8,10,12-13,15-16,20,27,33,35H,7,9,11,14,17-19,21-25H2,1-5H3,(H,34,37)/b10-6-,12-8-/t27?,30?,31-/m1/s1. The molecular weight excluding hydrogens is 571 g/mol. The van der Waals surface area contributed by atoms with E-state index in [1.165, 1.54) is 44.9 Å². The van der Waals surface area contributed by atoms with Crippen LogP contribution in [0.25, 0.3) is 0 Å². The number of amides is 2. The third-order valence-corrected chi connectivity index (χ3v) is 7.96. The molecule has 5 nitrogen and oxygen atoms in total. The van der Waals surface area contributed by atoms with Gasteiger partial charge in [0, 0.05) is 41.8 Å². The number of unbranched alkanes of at least 4 members (excludes halogenated alkanes) is 2. The molecule has 0 aromatic carbocycles. The largest absolute Gasteiger partial charge is 0.384 e. The molecule has 6 heteroatoms. The SMILES string of the molecule is CC1=CCC(C)(CCCCCN[C@]2(C)C=CC(NCCN(C)C(=O)NC/C=C\C=C/C(C)I)=CC2)CC1. The Morgan fingerprint density at radius 1 is 1.16 bits per heavy atom. The number of rotatable bonds is 15. The summed E-state index contributed by atoms with van der Waals surface area (Å²) >= 11 is 2.35. The fraction of sp³-hybridized carbons (Fsp3) is 0.645. The van der Waals surface area contributed by atoms with Crippen LogP contribution < -0.4 is 16.0 Å². The highest BCUT2D eigenvalue weighted by Crippen LogP contribution is 2.39. The molecule has 2 rings (SSSR count). The molecule has 0 fully saturated rings. The van der Waals surface area contributed by atoms with Crippen molar-refractivity contribution in [3.8, 4) is 0 Å². The summed E-state index contributed by atoms with van der Waals surface area (Å²) in [4.78, 5) is 13.9. The van der Waals surface area contributed by atoms with Crippen LogP contribution in [-0.2, 0) is 0 Å². The number of alkyl halides is 1. The lowest BCUT2D eigenvalue weighted by Crippen LogP contribution is -2.42. The van der Waals surface area contributed by atoms with Gasteiger partial charge in [0.05, 0.1) is 0 Å². The first-order chi connectivity index (χ1) is 17.6. The summed E-state index contributed by atoms with van der Waals surface area (Å²) in [6.45, 7) is 12.1. The molecule has 0 saturated carbocycles. The lowest BCUT2D eigenvalue weighted by atomic mass is 9.73. The number of carbonyl (C=O) groups excluding carboxylic acids is 1. The highest BCUT2D eigenvalue weighted by Gasteiger charge is 2.25. The highest BCUT2D eigenvalue weighted by molar-refractivity contribution is 14.1. The van der Waals surface area contributed by atoms with Gasteiger partial charge in [-0.3, -0.25) is 0 Å². The molecule has 0 spiro atoms. The van der Waals surface area contributed by atoms with Gasteiger partial charge in [0.25, 0.3) is 0 Å². The number of likely N-dealkylation sites (N-methyl/N-ethyl adjacent to an activating group) is 1. The Labute approximate surface area is 240 Å². The Kier molecular flexibility index (Phi) is 14.1. The molecule has 0 aliphatic heterocycles. The van der Waals surface area contributed by atoms with Crippen molar-refractivity contribution in [1.29, 1.82) is 0 Å². The van der Waals surface area contributed by atoms with Gasteiger partial charge >= 0.3 is 6.03 Å². The minimum atomic E-state index is -0.0533. The smallest absolute Gasteiger partial charge is 0.317 e. The second kappa shape index (κ2) is 16.4. The second-order valence-electron chi connectivity index (χ2n) is 11.4. The molecule has 2 aliphatic carbocycles. The Bertz CT molecular complexity index is 859. The van der Waals surface area contributed by atoms with E-state index in [-0.39, 0.29) is 11.6 Å². The number of halogens is 1. The van der Waals surface area contributed by atoms with E-state index >= 15 is 0 Å². The van der Waals surface area contributed by atoms with E-state index in [0.29, 0.717) is 22.4 Å². The van der Waals surface area contributed by atoms with Gasteiger partial charge in [-0.25, -0.2) is 4.79 Å². The molecule has 3 atom stereocenters. The topological polar surface area (TPSA) is 56.4 Å². The molecule has 0 heterocycles. The van der Waals surface area contributed by atoms with Crippen LogP contribution in [0.2, 0.25) is 0 Å². The molecule has 0 radical (unpaired) electrons. The summed E-state index contributed by atoms with van der Waals surface area (Å²) in [5.74, 6) is 0. The molecule has 3 N–H and O–H groups in total. The summed E-state index contributed by atoms with van der Waals surface area (Å²) in [5.41, 5.74) is 3.26. The van der Waals surface area contributed by atoms with Gasteiger partial charge in [0.15, 0.2) is 0 Å². The number of carbonyl (C=O) groups is 1. The van der Waals surface area contributed by atoms with Crippen molar-refractivity contribution in [2.75, 3.05) is 33.2 Å². The van der Waals surface area contributed by atoms with E-state index in [9.17, 15) is 4.79 Å². The van der Waals surface area contributed by atoms with Crippen LogP contribution in [0, 0.1) is 5.41 Å². The van der Waals surface area contributed by atoms with Crippen LogP contribution >= 0.6 is 22.6 Å². The van der Waals surface area contributed by atoms with Gasteiger partial charge in [-0.05, 0) is 77.3 Å². The van der Waals surface area contributed by atoms with Gasteiger partial charge in [-0.1, -0.05) is 90.5 Å². The van der Waals surface area contributed by atoms with Crippen LogP contribution in [0.3, 0.4) is 0 Å². The van der Waals surface area contributed by atoms with Crippen molar-refractivity contribution in [3.05, 3.63) is 59.9 Å². The van der Waals surface area contributed by atoms with Crippen LogP contribution in [0.1, 0.15) is 79.1 Å². The zero-order chi connectivity index (χ0) is 27.2. The average molecular weight is 623 g/mol. The quantitative estimate of drug-likeness (QED) is 0.0604. The minimum absolute atomic E-state index is 0.0248. The predicted octanol–water partition coefficient (Wildman–Crippen LogP) is 7.04. The Hall–Kier alpha value is -1.54. The van der Waals surface area contributed by atoms with Gasteiger partial charge in [0.1, 0.15) is 0 Å². The van der Waals surface area contributed by atoms with Gasteiger partial charge in [-0.15, -0.1) is 0 Å². The average Bonchev–Trinajstić information content (AvgIpc) is 2.86. The number of nitrogens with zero attached hydrogens (tertiary/aromatic N) is 1. The molecule has 0 aromatic heterocycles. The molecule has 2 amide bonds. The van der Waals surface area contributed by atoms with Crippen molar-refractivity contribution in [3.63, 3.8) is 0 Å². The molecule has 2 aliphatic rings. The van der Waals surface area contributed by atoms with Gasteiger partial charge in [0.2, 0.25) is 0 Å². The molecule has 0 aromatic rings. The number of hydrogen-bond acceptors (Lipinski definition) is 3. The molecule has 2 unspecified atom stereocenters. The van der Waals surface area contributed by atoms with Crippen molar-refractivity contribution in [1.82, 2.24) is 20.9 Å². The lowest BCUT2D eigenvalue weighted by molar-refractivity contribution is 0.210. The van der Waals surface area contributed by atoms with E-state index in [4.69, 9.17) is 0 Å². The summed E-state index contributed by atoms with van der Waals surface area (Å²) in [6.07, 6.45) is 27.4. The van der Waals surface area contributed by atoms with Crippen LogP contribution in [0.4, 0.5) is 4.79 Å². The number of nitrogens with one attached hydrogen (secondary N) is 3. The number of urea groups is 1. The first-order valence-electron chi connectivity index (χ1n) is 14.1. The first kappa shape index (κ1) is 31.7. The van der Waals surface area contributed by atoms with Crippen molar-refractivity contribution in [2.45, 2.75) is 88.5 Å². The van der Waals surface area contributed by atoms with E-state index in [0.717, 1.165) is 25.2 Å². The number of allylic oxidation sites excluding steroid dienone is 6. The van der Waals surface area contributed by atoms with E-state index in [1.54, 1.807) is 10.5 Å². The molecule has 0 bridgehead atoms. The third-order valence-electron chi connectivity index (χ3n) is 7.55. The summed E-state index contributed by atoms with van der Waals surface area (Å²) in [5, 5.41) is 10.1. The predicted molar refractivity (Wildman–Crippen MR) is 168 cm³/mol. The normalized spacial score (nSPS) is 24.7. The highest BCUT2D eigenvalue weighted by atomic mass is 127. The molecule has 0 saturated heterocycles. The fourth-order valence-electron chi connectivity index (χ4n) is 4.69. The van der Waals surface area contributed by atoms with Gasteiger partial charge < -0.3 is 20.9 Å². The molecular formula is C31H51IN4O. The van der Waals surface area contributed by atoms with E-state index in [1.807, 2.05) is 25.3 Å². The zero-order valence-corrected chi connectivity index (χ0v) is 26.1. The van der Waals surface area contributed by atoms with E-state index in [2.05, 4.69) is 96.6 Å². The first-order valence-corrected chi connectivity index (χ1v) is 15.4. The Balaban J connectivity index is 1.55. The Morgan fingerprint density at radius 3 is 2.65 bits per heavy atom. The van der Waals surface area contributed by atoms with Crippen LogP contribution in [-0.4, -0.2) is 53.6 Å². The maximum absolute atomic E-state index is 12.2. The fourth-order valence-corrected chi connectivity index (χ4v) is 4.93. The maximum Gasteiger partial charge on any atom is 0.317 e. The molecule has 37 heavy (non-hydrogen) atoms. The van der Waals surface area contributed by atoms with Crippen molar-refractivity contribution in [2.24, 2.45) is 5.41 Å². The summed E-state index contributed by atoms with van der Waals surface area (Å²) < 4.78 is 0.506. The van der Waals surface area contributed by atoms with Crippen LogP contribution in [0.5, 0.6) is 0 Å². The van der Waals surface area contributed by atoms with Crippen molar-refractivity contribution >= 4 is 28.6 Å². The Morgan fingerprint density at radius 2 is 1.97 bits per heavy atom. The van der Waals surface area contributed by atoms with E-state index < -0.39 is 0 Å². The summed E-state index contributed by atoms with van der Waals surface area (Å²) in [7, 11) is 1.83. The number of hydrogen-bond donors (Lipinski definition) is 3. The third kappa shape index (κ3) is 13.2. The van der Waals surface area contributed by atoms with Crippen LogP contribution in [0.15, 0.2) is 59.9 Å². The molecule has 208 valence electrons. The zero-order valence-electron chi connectivity index (χ0n) is 23.9. The van der Waals surface area contributed by atoms with Gasteiger partial charge in [-0.2, -0.15) is 0 Å². The van der Waals surface area contributed by atoms with Crippen molar-refractivity contribution < 1.29 is 4.79 Å². The second-order valence-corrected chi connectivity index (χ2v) is 13.4. The summed E-state index contributed by atoms with van der Waals surface area (Å²) in [6, 6.07) is -0.0533.